The van der Waals surface area contributed by atoms with E-state index in [1.165, 1.54) is 13.2 Å². The molecule has 0 saturated carbocycles. The Morgan fingerprint density at radius 1 is 1.00 bits per heavy atom. The van der Waals surface area contributed by atoms with E-state index in [1.807, 2.05) is 36.4 Å². The van der Waals surface area contributed by atoms with Crippen molar-refractivity contribution >= 4 is 15.9 Å². The van der Waals surface area contributed by atoms with Gasteiger partial charge in [0, 0.05) is 6.54 Å². The highest BCUT2D eigenvalue weighted by Crippen LogP contribution is 2.32. The molecule has 0 aliphatic carbocycles. The van der Waals surface area contributed by atoms with E-state index in [-0.39, 0.29) is 30.4 Å². The van der Waals surface area contributed by atoms with Crippen LogP contribution in [0.15, 0.2) is 71.6 Å². The van der Waals surface area contributed by atoms with Crippen LogP contribution < -0.4 is 24.2 Å². The Balaban J connectivity index is 1.55. The number of sulfonamides is 1. The predicted molar refractivity (Wildman–Crippen MR) is 126 cm³/mol. The Kier molecular flexibility index (Phi) is 7.04. The summed E-state index contributed by atoms with van der Waals surface area (Å²) in [6.07, 6.45) is 0.182. The number of aryl methyl sites for hydroxylation is 1. The van der Waals surface area contributed by atoms with Gasteiger partial charge in [0.25, 0.3) is 0 Å². The lowest BCUT2D eigenvalue weighted by Crippen LogP contribution is -2.47. The van der Waals surface area contributed by atoms with E-state index in [0.29, 0.717) is 11.5 Å². The number of hydrogen-bond acceptors (Lipinski definition) is 6. The highest BCUT2D eigenvalue weighted by molar-refractivity contribution is 7.89. The van der Waals surface area contributed by atoms with Crippen LogP contribution in [0, 0.1) is 6.92 Å². The standard InChI is InChI=1S/C25H26N2O6S/c1-17-8-10-22(31-2)24(12-17)34(29,30)27-20(13-18-6-4-3-5-7-18)25(28)26-15-19-9-11-21-23(14-19)33-16-32-21/h3-12,14,20,27H,13,15-16H2,1-2H3,(H,26,28)/t20-/m1/s1. The molecule has 0 aromatic heterocycles. The second kappa shape index (κ2) is 10.1. The van der Waals surface area contributed by atoms with Crippen LogP contribution in [0.25, 0.3) is 0 Å². The normalized spacial score (nSPS) is 13.4. The summed E-state index contributed by atoms with van der Waals surface area (Å²) in [5, 5.41) is 2.83. The number of hydrogen-bond donors (Lipinski definition) is 2. The number of rotatable bonds is 9. The third-order valence-corrected chi connectivity index (χ3v) is 6.90. The average Bonchev–Trinajstić information content (AvgIpc) is 3.30. The Morgan fingerprint density at radius 3 is 2.53 bits per heavy atom. The van der Waals surface area contributed by atoms with E-state index in [9.17, 15) is 13.2 Å². The predicted octanol–water partition coefficient (Wildman–Crippen LogP) is 2.94. The first kappa shape index (κ1) is 23.6. The summed E-state index contributed by atoms with van der Waals surface area (Å²) in [5.41, 5.74) is 2.39. The van der Waals surface area contributed by atoms with E-state index >= 15 is 0 Å². The van der Waals surface area contributed by atoms with Gasteiger partial charge in [0.05, 0.1) is 7.11 Å². The summed E-state index contributed by atoms with van der Waals surface area (Å²) >= 11 is 0. The molecule has 9 heteroatoms. The Morgan fingerprint density at radius 2 is 1.76 bits per heavy atom. The second-order valence-corrected chi connectivity index (χ2v) is 9.61. The van der Waals surface area contributed by atoms with Gasteiger partial charge in [-0.3, -0.25) is 4.79 Å². The maximum absolute atomic E-state index is 13.3. The van der Waals surface area contributed by atoms with Crippen molar-refractivity contribution in [3.63, 3.8) is 0 Å². The average molecular weight is 483 g/mol. The molecule has 0 unspecified atom stereocenters. The first-order chi connectivity index (χ1) is 16.4. The van der Waals surface area contributed by atoms with Crippen LogP contribution in [-0.4, -0.2) is 34.3 Å². The second-order valence-electron chi connectivity index (χ2n) is 7.92. The minimum absolute atomic E-state index is 0.0170. The van der Waals surface area contributed by atoms with Crippen LogP contribution in [-0.2, 0) is 27.8 Å². The fourth-order valence-corrected chi connectivity index (χ4v) is 5.09. The molecule has 0 bridgehead atoms. The molecule has 0 spiro atoms. The van der Waals surface area contributed by atoms with Gasteiger partial charge in [0.1, 0.15) is 16.7 Å². The third kappa shape index (κ3) is 5.49. The molecule has 3 aromatic carbocycles. The number of benzene rings is 3. The largest absolute Gasteiger partial charge is 0.495 e. The van der Waals surface area contributed by atoms with Gasteiger partial charge in [-0.25, -0.2) is 8.42 Å². The molecule has 1 aliphatic heterocycles. The van der Waals surface area contributed by atoms with E-state index in [4.69, 9.17) is 14.2 Å². The van der Waals surface area contributed by atoms with Gasteiger partial charge in [-0.2, -0.15) is 4.72 Å². The summed E-state index contributed by atoms with van der Waals surface area (Å²) in [6, 6.07) is 18.5. The molecule has 8 nitrogen and oxygen atoms in total. The molecule has 0 radical (unpaired) electrons. The van der Waals surface area contributed by atoms with Crippen LogP contribution >= 0.6 is 0 Å². The van der Waals surface area contributed by atoms with Crippen molar-refractivity contribution in [1.29, 1.82) is 0 Å². The van der Waals surface area contributed by atoms with E-state index in [0.717, 1.165) is 16.7 Å². The molecule has 178 valence electrons. The topological polar surface area (TPSA) is 103 Å². The highest BCUT2D eigenvalue weighted by atomic mass is 32.2. The molecule has 34 heavy (non-hydrogen) atoms. The van der Waals surface area contributed by atoms with Gasteiger partial charge >= 0.3 is 0 Å². The smallest absolute Gasteiger partial charge is 0.244 e. The Hall–Kier alpha value is -3.56. The lowest BCUT2D eigenvalue weighted by Gasteiger charge is -2.20. The van der Waals surface area contributed by atoms with Crippen LogP contribution in [0.3, 0.4) is 0 Å². The van der Waals surface area contributed by atoms with Gasteiger partial charge in [-0.15, -0.1) is 0 Å². The molecule has 1 aliphatic rings. The van der Waals surface area contributed by atoms with Gasteiger partial charge in [0.2, 0.25) is 22.7 Å². The number of fused-ring (bicyclic) bond motifs is 1. The number of carbonyl (C=O) groups is 1. The van der Waals surface area contributed by atoms with E-state index in [1.54, 1.807) is 31.2 Å². The number of amides is 1. The number of methoxy groups -OCH3 is 1. The minimum Gasteiger partial charge on any atom is -0.495 e. The molecule has 3 aromatic rings. The molecule has 1 atom stereocenters. The van der Waals surface area contributed by atoms with E-state index in [2.05, 4.69) is 10.0 Å². The SMILES string of the molecule is COc1ccc(C)cc1S(=O)(=O)N[C@H](Cc1ccccc1)C(=O)NCc1ccc2c(c1)OCO2. The molecule has 2 N–H and O–H groups in total. The summed E-state index contributed by atoms with van der Waals surface area (Å²) in [6.45, 7) is 2.16. The van der Waals surface area contributed by atoms with Crippen molar-refractivity contribution in [2.45, 2.75) is 30.8 Å². The van der Waals surface area contributed by atoms with Crippen molar-refractivity contribution in [1.82, 2.24) is 10.0 Å². The maximum atomic E-state index is 13.3. The lowest BCUT2D eigenvalue weighted by molar-refractivity contribution is -0.122. The third-order valence-electron chi connectivity index (χ3n) is 5.41. The monoisotopic (exact) mass is 482 g/mol. The van der Waals surface area contributed by atoms with Crippen LogP contribution in [0.4, 0.5) is 0 Å². The summed E-state index contributed by atoms with van der Waals surface area (Å²) in [7, 11) is -2.65. The van der Waals surface area contributed by atoms with E-state index < -0.39 is 22.0 Å². The van der Waals surface area contributed by atoms with Crippen molar-refractivity contribution in [3.8, 4) is 17.2 Å². The molecular formula is C25H26N2O6S. The molecular weight excluding hydrogens is 456 g/mol. The highest BCUT2D eigenvalue weighted by Gasteiger charge is 2.28. The Labute approximate surface area is 198 Å². The fourth-order valence-electron chi connectivity index (χ4n) is 3.65. The zero-order valence-electron chi connectivity index (χ0n) is 18.9. The quantitative estimate of drug-likeness (QED) is 0.486. The van der Waals surface area contributed by atoms with Crippen molar-refractivity contribution < 1.29 is 27.4 Å². The minimum atomic E-state index is -4.05. The van der Waals surface area contributed by atoms with Crippen LogP contribution in [0.1, 0.15) is 16.7 Å². The van der Waals surface area contributed by atoms with Crippen LogP contribution in [0.2, 0.25) is 0 Å². The van der Waals surface area contributed by atoms with Crippen molar-refractivity contribution in [3.05, 3.63) is 83.4 Å². The summed E-state index contributed by atoms with van der Waals surface area (Å²) < 4.78 is 45.1. The first-order valence-corrected chi connectivity index (χ1v) is 12.2. The fraction of sp³-hybridized carbons (Fsp3) is 0.240. The van der Waals surface area contributed by atoms with Gasteiger partial charge in [-0.05, 0) is 54.3 Å². The molecule has 0 fully saturated rings. The van der Waals surface area contributed by atoms with Crippen molar-refractivity contribution in [2.75, 3.05) is 13.9 Å². The van der Waals surface area contributed by atoms with Gasteiger partial charge in [-0.1, -0.05) is 42.5 Å². The number of ether oxygens (including phenoxy) is 3. The summed E-state index contributed by atoms with van der Waals surface area (Å²) in [5.74, 6) is 1.02. The molecule has 1 heterocycles. The van der Waals surface area contributed by atoms with Crippen LogP contribution in [0.5, 0.6) is 17.2 Å². The molecule has 0 saturated heterocycles. The Bertz CT molecular complexity index is 1280. The van der Waals surface area contributed by atoms with Crippen molar-refractivity contribution in [2.24, 2.45) is 0 Å². The lowest BCUT2D eigenvalue weighted by atomic mass is 10.1. The maximum Gasteiger partial charge on any atom is 0.244 e. The van der Waals surface area contributed by atoms with Gasteiger partial charge in [0.15, 0.2) is 11.5 Å². The first-order valence-electron chi connectivity index (χ1n) is 10.7. The molecule has 1 amide bonds. The van der Waals surface area contributed by atoms with Gasteiger partial charge < -0.3 is 19.5 Å². The zero-order valence-corrected chi connectivity index (χ0v) is 19.7. The summed E-state index contributed by atoms with van der Waals surface area (Å²) in [4.78, 5) is 13.1. The molecule has 4 rings (SSSR count). The zero-order chi connectivity index (χ0) is 24.1. The number of carbonyl (C=O) groups excluding carboxylic acids is 1. The number of nitrogens with one attached hydrogen (secondary N) is 2.